The molecule has 0 aliphatic heterocycles. The van der Waals surface area contributed by atoms with Gasteiger partial charge in [-0.3, -0.25) is 9.79 Å². The van der Waals surface area contributed by atoms with E-state index in [4.69, 9.17) is 4.74 Å². The number of rotatable bonds is 9. The van der Waals surface area contributed by atoms with Crippen molar-refractivity contribution in [1.29, 1.82) is 0 Å². The molecule has 0 heterocycles. The van der Waals surface area contributed by atoms with Crippen LogP contribution in [0.1, 0.15) is 21.5 Å². The number of ether oxygens (including phenoxy) is 2. The average molecular weight is 434 g/mol. The highest BCUT2D eigenvalue weighted by Crippen LogP contribution is 2.29. The minimum atomic E-state index is -2.93. The van der Waals surface area contributed by atoms with E-state index in [-0.39, 0.29) is 17.4 Å². The minimum Gasteiger partial charge on any atom is -0.493 e. The summed E-state index contributed by atoms with van der Waals surface area (Å²) in [6.07, 6.45) is 0.699. The molecule has 0 radical (unpaired) electrons. The highest BCUT2D eigenvalue weighted by molar-refractivity contribution is 5.94. The second-order valence-electron chi connectivity index (χ2n) is 6.87. The van der Waals surface area contributed by atoms with Crippen LogP contribution in [0.5, 0.6) is 11.5 Å². The van der Waals surface area contributed by atoms with E-state index in [1.165, 1.54) is 13.2 Å². The fourth-order valence-electron chi connectivity index (χ4n) is 2.87. The van der Waals surface area contributed by atoms with E-state index in [2.05, 4.69) is 20.4 Å². The van der Waals surface area contributed by atoms with Crippen molar-refractivity contribution < 1.29 is 23.0 Å². The van der Waals surface area contributed by atoms with Crippen molar-refractivity contribution >= 4 is 11.9 Å². The van der Waals surface area contributed by atoms with Gasteiger partial charge in [0.2, 0.25) is 0 Å². The summed E-state index contributed by atoms with van der Waals surface area (Å²) in [6.45, 7) is -1.98. The fourth-order valence-corrected chi connectivity index (χ4v) is 2.87. The van der Waals surface area contributed by atoms with Gasteiger partial charge in [-0.1, -0.05) is 18.2 Å². The highest BCUT2D eigenvalue weighted by atomic mass is 19.3. The maximum atomic E-state index is 12.6. The number of carbonyl (C=O) groups is 1. The molecule has 9 heteroatoms. The molecule has 1 amide bonds. The molecule has 0 bridgehead atoms. The number of benzene rings is 2. The molecule has 0 fully saturated rings. The number of amides is 1. The number of hydrogen-bond acceptors (Lipinski definition) is 4. The SMILES string of the molecule is CN=C(NCCc1cccc(C(=O)N(C)C)c1)NCc1ccc(OC)c(OC(F)F)c1. The first kappa shape index (κ1) is 23.9. The summed E-state index contributed by atoms with van der Waals surface area (Å²) in [6, 6.07) is 12.3. The molecule has 0 aromatic heterocycles. The smallest absolute Gasteiger partial charge is 0.387 e. The molecule has 0 saturated heterocycles. The van der Waals surface area contributed by atoms with Crippen molar-refractivity contribution in [2.45, 2.75) is 19.6 Å². The Morgan fingerprint density at radius 2 is 1.87 bits per heavy atom. The summed E-state index contributed by atoms with van der Waals surface area (Å²) in [5.74, 6) is 0.739. The molecule has 0 atom stereocenters. The van der Waals surface area contributed by atoms with E-state index >= 15 is 0 Å². The highest BCUT2D eigenvalue weighted by Gasteiger charge is 2.12. The zero-order valence-electron chi connectivity index (χ0n) is 18.1. The molecular weight excluding hydrogens is 406 g/mol. The van der Waals surface area contributed by atoms with Crippen molar-refractivity contribution in [2.24, 2.45) is 4.99 Å². The van der Waals surface area contributed by atoms with Crippen LogP contribution in [0.15, 0.2) is 47.5 Å². The lowest BCUT2D eigenvalue weighted by atomic mass is 10.1. The summed E-state index contributed by atoms with van der Waals surface area (Å²) in [7, 11) is 6.48. The summed E-state index contributed by atoms with van der Waals surface area (Å²) in [5.41, 5.74) is 2.40. The Morgan fingerprint density at radius 1 is 1.10 bits per heavy atom. The van der Waals surface area contributed by atoms with Crippen molar-refractivity contribution in [3.63, 3.8) is 0 Å². The predicted molar refractivity (Wildman–Crippen MR) is 116 cm³/mol. The van der Waals surface area contributed by atoms with Crippen molar-refractivity contribution in [3.8, 4) is 11.5 Å². The third-order valence-corrected chi connectivity index (χ3v) is 4.41. The maximum absolute atomic E-state index is 12.6. The van der Waals surface area contributed by atoms with Crippen LogP contribution in [0.25, 0.3) is 0 Å². The van der Waals surface area contributed by atoms with E-state index in [9.17, 15) is 13.6 Å². The van der Waals surface area contributed by atoms with Gasteiger partial charge in [0.25, 0.3) is 5.91 Å². The largest absolute Gasteiger partial charge is 0.493 e. The lowest BCUT2D eigenvalue weighted by molar-refractivity contribution is -0.0512. The third kappa shape index (κ3) is 7.44. The zero-order chi connectivity index (χ0) is 22.8. The van der Waals surface area contributed by atoms with Crippen LogP contribution in [0.3, 0.4) is 0 Å². The fraction of sp³-hybridized carbons (Fsp3) is 0.364. The monoisotopic (exact) mass is 434 g/mol. The van der Waals surface area contributed by atoms with E-state index in [1.54, 1.807) is 44.2 Å². The van der Waals surface area contributed by atoms with Crippen molar-refractivity contribution in [1.82, 2.24) is 15.5 Å². The molecule has 2 aromatic rings. The van der Waals surface area contributed by atoms with E-state index in [0.29, 0.717) is 31.0 Å². The van der Waals surface area contributed by atoms with Gasteiger partial charge in [0.1, 0.15) is 0 Å². The molecule has 0 aliphatic rings. The van der Waals surface area contributed by atoms with Gasteiger partial charge >= 0.3 is 6.61 Å². The van der Waals surface area contributed by atoms with Gasteiger partial charge in [0, 0.05) is 39.8 Å². The van der Waals surface area contributed by atoms with Gasteiger partial charge in [0.15, 0.2) is 17.5 Å². The number of nitrogens with one attached hydrogen (secondary N) is 2. The first-order valence-corrected chi connectivity index (χ1v) is 9.71. The lowest BCUT2D eigenvalue weighted by Gasteiger charge is -2.14. The number of alkyl halides is 2. The number of guanidine groups is 1. The molecule has 2 aromatic carbocycles. The molecule has 0 spiro atoms. The van der Waals surface area contributed by atoms with Crippen LogP contribution >= 0.6 is 0 Å². The number of nitrogens with zero attached hydrogens (tertiary/aromatic N) is 2. The van der Waals surface area contributed by atoms with Crippen LogP contribution in [0, 0.1) is 0 Å². The van der Waals surface area contributed by atoms with Gasteiger partial charge in [-0.05, 0) is 41.8 Å². The second kappa shape index (κ2) is 11.7. The molecule has 0 unspecified atom stereocenters. The van der Waals surface area contributed by atoms with Gasteiger partial charge < -0.3 is 25.0 Å². The van der Waals surface area contributed by atoms with Crippen molar-refractivity contribution in [3.05, 3.63) is 59.2 Å². The molecular formula is C22H28F2N4O3. The Labute approximate surface area is 181 Å². The maximum Gasteiger partial charge on any atom is 0.387 e. The first-order chi connectivity index (χ1) is 14.8. The van der Waals surface area contributed by atoms with Crippen molar-refractivity contribution in [2.75, 3.05) is 34.8 Å². The summed E-state index contributed by atoms with van der Waals surface area (Å²) < 4.78 is 34.7. The summed E-state index contributed by atoms with van der Waals surface area (Å²) in [5, 5.41) is 6.33. The summed E-state index contributed by atoms with van der Waals surface area (Å²) >= 11 is 0. The van der Waals surface area contributed by atoms with Gasteiger partial charge in [-0.2, -0.15) is 8.78 Å². The zero-order valence-corrected chi connectivity index (χ0v) is 18.1. The Bertz CT molecular complexity index is 904. The molecule has 2 N–H and O–H groups in total. The molecule has 31 heavy (non-hydrogen) atoms. The Hall–Kier alpha value is -3.36. The second-order valence-corrected chi connectivity index (χ2v) is 6.87. The lowest BCUT2D eigenvalue weighted by Crippen LogP contribution is -2.37. The van der Waals surface area contributed by atoms with Gasteiger partial charge in [-0.15, -0.1) is 0 Å². The number of aliphatic imine (C=N–C) groups is 1. The molecule has 0 saturated carbocycles. The molecule has 7 nitrogen and oxygen atoms in total. The standard InChI is InChI=1S/C22H28F2N4O3/c1-25-22(26-11-10-15-6-5-7-17(12-15)20(29)28(2)3)27-14-16-8-9-18(30-4)19(13-16)31-21(23)24/h5-9,12-13,21H,10-11,14H2,1-4H3,(H2,25,26,27). The van der Waals surface area contributed by atoms with E-state index < -0.39 is 6.61 Å². The van der Waals surface area contributed by atoms with Crippen LogP contribution < -0.4 is 20.1 Å². The number of halogens is 2. The quantitative estimate of drug-likeness (QED) is 0.469. The summed E-state index contributed by atoms with van der Waals surface area (Å²) in [4.78, 5) is 17.8. The Kier molecular flexibility index (Phi) is 9.05. The first-order valence-electron chi connectivity index (χ1n) is 9.71. The van der Waals surface area contributed by atoms with E-state index in [0.717, 1.165) is 11.1 Å². The Balaban J connectivity index is 1.90. The average Bonchev–Trinajstić information content (AvgIpc) is 2.75. The van der Waals surface area contributed by atoms with Crippen LogP contribution in [-0.4, -0.2) is 58.2 Å². The predicted octanol–water partition coefficient (Wildman–Crippen LogP) is 2.91. The number of carbonyl (C=O) groups excluding carboxylic acids is 1. The van der Waals surface area contributed by atoms with Crippen LogP contribution in [0.4, 0.5) is 8.78 Å². The Morgan fingerprint density at radius 3 is 2.52 bits per heavy atom. The molecule has 168 valence electrons. The van der Waals surface area contributed by atoms with Crippen LogP contribution in [0.2, 0.25) is 0 Å². The van der Waals surface area contributed by atoms with Gasteiger partial charge in [-0.25, -0.2) is 0 Å². The molecule has 2 rings (SSSR count). The van der Waals surface area contributed by atoms with E-state index in [1.807, 2.05) is 18.2 Å². The number of hydrogen-bond donors (Lipinski definition) is 2. The van der Waals surface area contributed by atoms with Crippen LogP contribution in [-0.2, 0) is 13.0 Å². The normalized spacial score (nSPS) is 11.3. The molecule has 0 aliphatic carbocycles. The number of methoxy groups -OCH3 is 1. The van der Waals surface area contributed by atoms with Gasteiger partial charge in [0.05, 0.1) is 7.11 Å². The third-order valence-electron chi connectivity index (χ3n) is 4.41. The topological polar surface area (TPSA) is 75.2 Å². The minimum absolute atomic E-state index is 0.0214.